The molecule has 0 aliphatic carbocycles. The fraction of sp³-hybridized carbons (Fsp3) is 0.258. The molecule has 2 heterocycles. The summed E-state index contributed by atoms with van der Waals surface area (Å²) in [6.07, 6.45) is 1.04. The summed E-state index contributed by atoms with van der Waals surface area (Å²) < 4.78 is 0. The molecule has 0 spiro atoms. The number of amides is 2. The van der Waals surface area contributed by atoms with E-state index in [1.807, 2.05) is 91.9 Å². The molecule has 5 rings (SSSR count). The number of rotatable bonds is 6. The van der Waals surface area contributed by atoms with Crippen LogP contribution in [0.25, 0.3) is 0 Å². The van der Waals surface area contributed by atoms with Gasteiger partial charge in [-0.2, -0.15) is 0 Å². The van der Waals surface area contributed by atoms with Crippen molar-refractivity contribution in [1.29, 1.82) is 0 Å². The Morgan fingerprint density at radius 3 is 2.13 bits per heavy atom. The molecule has 1 atom stereocenters. The molecular weight excluding hydrogens is 492 g/mol. The van der Waals surface area contributed by atoms with Gasteiger partial charge in [0.05, 0.1) is 23.2 Å². The van der Waals surface area contributed by atoms with Crippen LogP contribution in [0.1, 0.15) is 42.0 Å². The van der Waals surface area contributed by atoms with E-state index >= 15 is 0 Å². The second-order valence-electron chi connectivity index (χ2n) is 9.76. The number of allylic oxidation sites excluding steroid dienone is 1. The highest BCUT2D eigenvalue weighted by molar-refractivity contribution is 8.13. The normalized spacial score (nSPS) is 17.1. The average molecular weight is 525 g/mol. The average Bonchev–Trinajstić information content (AvgIpc) is 2.94. The molecule has 0 radical (unpaired) electrons. The van der Waals surface area contributed by atoms with Gasteiger partial charge in [0, 0.05) is 32.1 Å². The molecule has 2 aliphatic rings. The van der Waals surface area contributed by atoms with Crippen molar-refractivity contribution in [3.63, 3.8) is 0 Å². The highest BCUT2D eigenvalue weighted by Crippen LogP contribution is 2.40. The molecule has 1 unspecified atom stereocenters. The topological polar surface area (TPSA) is 65.0 Å². The smallest absolute Gasteiger partial charge is 0.253 e. The van der Waals surface area contributed by atoms with E-state index in [2.05, 4.69) is 10.2 Å². The van der Waals surface area contributed by atoms with E-state index in [0.717, 1.165) is 52.0 Å². The van der Waals surface area contributed by atoms with Crippen LogP contribution in [0.2, 0.25) is 0 Å². The van der Waals surface area contributed by atoms with Crippen LogP contribution in [0.15, 0.2) is 101 Å². The van der Waals surface area contributed by atoms with Gasteiger partial charge >= 0.3 is 0 Å². The summed E-state index contributed by atoms with van der Waals surface area (Å²) in [6.45, 7) is 2.77. The number of nitrogens with zero attached hydrogens (tertiary/aromatic N) is 3. The van der Waals surface area contributed by atoms with Crippen molar-refractivity contribution < 1.29 is 9.59 Å². The molecular formula is C31H32N4O2S. The van der Waals surface area contributed by atoms with Gasteiger partial charge in [-0.1, -0.05) is 84.6 Å². The van der Waals surface area contributed by atoms with Gasteiger partial charge in [-0.3, -0.25) is 9.59 Å². The van der Waals surface area contributed by atoms with E-state index in [1.165, 1.54) is 0 Å². The summed E-state index contributed by atoms with van der Waals surface area (Å²) in [5.41, 5.74) is 5.07. The van der Waals surface area contributed by atoms with E-state index in [4.69, 9.17) is 4.99 Å². The van der Waals surface area contributed by atoms with Crippen molar-refractivity contribution in [3.8, 4) is 0 Å². The second kappa shape index (κ2) is 11.3. The fourth-order valence-electron chi connectivity index (χ4n) is 5.08. The SMILES string of the molecule is CC1=C(C(=O)N(C)C)C(c2ccc(NC(=O)C(c3ccccc3)c3ccccc3)cc2)N2CCCSC2=N1. The third-order valence-electron chi connectivity index (χ3n) is 6.92. The van der Waals surface area contributed by atoms with Crippen LogP contribution in [-0.4, -0.2) is 53.2 Å². The lowest BCUT2D eigenvalue weighted by Crippen LogP contribution is -2.43. The number of amidine groups is 1. The van der Waals surface area contributed by atoms with E-state index < -0.39 is 5.92 Å². The number of nitrogens with one attached hydrogen (secondary N) is 1. The van der Waals surface area contributed by atoms with Gasteiger partial charge in [-0.25, -0.2) is 4.99 Å². The van der Waals surface area contributed by atoms with Gasteiger partial charge in [0.2, 0.25) is 5.91 Å². The second-order valence-corrected chi connectivity index (χ2v) is 10.8. The van der Waals surface area contributed by atoms with Gasteiger partial charge < -0.3 is 15.1 Å². The van der Waals surface area contributed by atoms with Crippen molar-refractivity contribution in [3.05, 3.63) is 113 Å². The molecule has 6 nitrogen and oxygen atoms in total. The maximum Gasteiger partial charge on any atom is 0.253 e. The number of hydrogen-bond acceptors (Lipinski definition) is 5. The van der Waals surface area contributed by atoms with Crippen molar-refractivity contribution >= 4 is 34.4 Å². The molecule has 1 N–H and O–H groups in total. The molecule has 7 heteroatoms. The van der Waals surface area contributed by atoms with Gasteiger partial charge in [0.1, 0.15) is 0 Å². The molecule has 1 fully saturated rings. The Labute approximate surface area is 228 Å². The number of anilines is 1. The van der Waals surface area contributed by atoms with E-state index in [-0.39, 0.29) is 17.9 Å². The number of fused-ring (bicyclic) bond motifs is 1. The first-order valence-electron chi connectivity index (χ1n) is 12.9. The molecule has 194 valence electrons. The summed E-state index contributed by atoms with van der Waals surface area (Å²) in [5, 5.41) is 4.09. The lowest BCUT2D eigenvalue weighted by atomic mass is 9.90. The molecule has 2 amide bonds. The summed E-state index contributed by atoms with van der Waals surface area (Å²) in [5.74, 6) is 0.488. The van der Waals surface area contributed by atoms with Crippen LogP contribution in [-0.2, 0) is 9.59 Å². The van der Waals surface area contributed by atoms with Crippen LogP contribution < -0.4 is 5.32 Å². The zero-order valence-corrected chi connectivity index (χ0v) is 22.7. The Bertz CT molecular complexity index is 1330. The van der Waals surface area contributed by atoms with Crippen molar-refractivity contribution in [2.45, 2.75) is 25.3 Å². The summed E-state index contributed by atoms with van der Waals surface area (Å²) in [6, 6.07) is 27.3. The largest absolute Gasteiger partial charge is 0.345 e. The number of benzene rings is 3. The quantitative estimate of drug-likeness (QED) is 0.451. The third-order valence-corrected chi connectivity index (χ3v) is 7.99. The standard InChI is InChI=1S/C31H32N4O2S/c1-21-26(30(37)34(2)3)28(35-19-10-20-38-31(35)32-21)24-15-17-25(18-16-24)33-29(36)27(22-11-6-4-7-12-22)23-13-8-5-9-14-23/h4-9,11-18,27-28H,10,19-20H2,1-3H3,(H,33,36). The van der Waals surface area contributed by atoms with Crippen LogP contribution in [0, 0.1) is 0 Å². The zero-order valence-electron chi connectivity index (χ0n) is 21.9. The van der Waals surface area contributed by atoms with E-state index in [9.17, 15) is 9.59 Å². The molecule has 3 aromatic carbocycles. The monoisotopic (exact) mass is 524 g/mol. The summed E-state index contributed by atoms with van der Waals surface area (Å²) in [4.78, 5) is 35.4. The molecule has 0 bridgehead atoms. The van der Waals surface area contributed by atoms with E-state index in [1.54, 1.807) is 30.8 Å². The number of carbonyl (C=O) groups excluding carboxylic acids is 2. The highest BCUT2D eigenvalue weighted by atomic mass is 32.2. The van der Waals surface area contributed by atoms with Crippen LogP contribution in [0.3, 0.4) is 0 Å². The molecule has 0 aromatic heterocycles. The number of hydrogen-bond donors (Lipinski definition) is 1. The van der Waals surface area contributed by atoms with Crippen molar-refractivity contribution in [1.82, 2.24) is 9.80 Å². The van der Waals surface area contributed by atoms with Crippen molar-refractivity contribution in [2.75, 3.05) is 31.7 Å². The highest BCUT2D eigenvalue weighted by Gasteiger charge is 2.37. The Morgan fingerprint density at radius 2 is 1.55 bits per heavy atom. The Morgan fingerprint density at radius 1 is 0.947 bits per heavy atom. The minimum Gasteiger partial charge on any atom is -0.345 e. The van der Waals surface area contributed by atoms with Gasteiger partial charge in [-0.05, 0) is 42.2 Å². The van der Waals surface area contributed by atoms with Gasteiger partial charge in [0.15, 0.2) is 5.17 Å². The Kier molecular flexibility index (Phi) is 7.65. The first-order chi connectivity index (χ1) is 18.4. The number of aliphatic imine (C=N–C) groups is 1. The third kappa shape index (κ3) is 5.24. The predicted molar refractivity (Wildman–Crippen MR) is 155 cm³/mol. The summed E-state index contributed by atoms with van der Waals surface area (Å²) in [7, 11) is 3.55. The first-order valence-corrected chi connectivity index (χ1v) is 13.8. The predicted octanol–water partition coefficient (Wildman–Crippen LogP) is 5.67. The van der Waals surface area contributed by atoms with Gasteiger partial charge in [0.25, 0.3) is 5.91 Å². The number of thioether (sulfide) groups is 1. The fourth-order valence-corrected chi connectivity index (χ4v) is 6.10. The van der Waals surface area contributed by atoms with Crippen LogP contribution in [0.4, 0.5) is 5.69 Å². The zero-order chi connectivity index (χ0) is 26.6. The molecule has 0 saturated carbocycles. The van der Waals surface area contributed by atoms with E-state index in [0.29, 0.717) is 5.57 Å². The maximum absolute atomic E-state index is 13.6. The minimum atomic E-state index is -0.422. The molecule has 38 heavy (non-hydrogen) atoms. The molecule has 2 aliphatic heterocycles. The summed E-state index contributed by atoms with van der Waals surface area (Å²) >= 11 is 1.74. The molecule has 3 aromatic rings. The van der Waals surface area contributed by atoms with Crippen LogP contribution in [0.5, 0.6) is 0 Å². The molecule has 1 saturated heterocycles. The first kappa shape index (κ1) is 25.8. The number of likely N-dealkylation sites (N-methyl/N-ethyl adjacent to an activating group) is 1. The number of carbonyl (C=O) groups is 2. The lowest BCUT2D eigenvalue weighted by molar-refractivity contribution is -0.125. The minimum absolute atomic E-state index is 0.0307. The van der Waals surface area contributed by atoms with Crippen LogP contribution >= 0.6 is 11.8 Å². The van der Waals surface area contributed by atoms with Gasteiger partial charge in [-0.15, -0.1) is 0 Å². The maximum atomic E-state index is 13.6. The Hall–Kier alpha value is -3.84. The Balaban J connectivity index is 1.43. The van der Waals surface area contributed by atoms with Crippen molar-refractivity contribution in [2.24, 2.45) is 4.99 Å². The lowest BCUT2D eigenvalue weighted by Gasteiger charge is -2.41.